The van der Waals surface area contributed by atoms with E-state index >= 15 is 0 Å². The number of carbonyl (C=O) groups excluding carboxylic acids is 2. The molecule has 1 fully saturated rings. The number of piperidine rings is 1. The van der Waals surface area contributed by atoms with Crippen LogP contribution in [-0.2, 0) is 0 Å². The Kier molecular flexibility index (Phi) is 5.16. The van der Waals surface area contributed by atoms with Gasteiger partial charge in [0, 0.05) is 24.7 Å². The molecular formula is C19H19FN2O5. The van der Waals surface area contributed by atoms with Crippen LogP contribution in [0.2, 0.25) is 0 Å². The predicted octanol–water partition coefficient (Wildman–Crippen LogP) is 1.98. The van der Waals surface area contributed by atoms with Gasteiger partial charge < -0.3 is 25.5 Å². The fraction of sp³-hybridized carbons (Fsp3) is 0.263. The van der Waals surface area contributed by atoms with Crippen molar-refractivity contribution in [3.8, 4) is 17.2 Å². The summed E-state index contributed by atoms with van der Waals surface area (Å²) in [6.45, 7) is 0.701. The van der Waals surface area contributed by atoms with Gasteiger partial charge >= 0.3 is 0 Å². The number of hydrogen-bond acceptors (Lipinski definition) is 5. The summed E-state index contributed by atoms with van der Waals surface area (Å²) in [5.74, 6) is -3.32. The van der Waals surface area contributed by atoms with Crippen LogP contribution in [0.1, 0.15) is 33.6 Å². The maximum Gasteiger partial charge on any atom is 0.254 e. The first-order valence-corrected chi connectivity index (χ1v) is 8.46. The average Bonchev–Trinajstić information content (AvgIpc) is 2.66. The van der Waals surface area contributed by atoms with Crippen molar-refractivity contribution in [2.45, 2.75) is 18.9 Å². The standard InChI is InChI=1S/C19H19FN2O5/c20-14-4-2-1-3-13(14)18(26)21-12-5-7-22(8-6-12)19(27)11-9-15(23)17(25)16(24)10-11/h1-4,9-10,12,23-25H,5-8H2,(H,21,26). The number of nitrogens with zero attached hydrogens (tertiary/aromatic N) is 1. The lowest BCUT2D eigenvalue weighted by molar-refractivity contribution is 0.0697. The van der Waals surface area contributed by atoms with Crippen LogP contribution in [0.4, 0.5) is 4.39 Å². The first-order valence-electron chi connectivity index (χ1n) is 8.46. The molecule has 0 saturated carbocycles. The van der Waals surface area contributed by atoms with Crippen molar-refractivity contribution >= 4 is 11.8 Å². The highest BCUT2D eigenvalue weighted by molar-refractivity contribution is 5.96. The zero-order chi connectivity index (χ0) is 19.6. The number of amides is 2. The molecule has 0 radical (unpaired) electrons. The zero-order valence-electron chi connectivity index (χ0n) is 14.4. The Morgan fingerprint density at radius 1 is 1.04 bits per heavy atom. The van der Waals surface area contributed by atoms with Crippen molar-refractivity contribution in [3.63, 3.8) is 0 Å². The summed E-state index contributed by atoms with van der Waals surface area (Å²) in [5.41, 5.74) is 0.0303. The van der Waals surface area contributed by atoms with E-state index in [1.807, 2.05) is 0 Å². The van der Waals surface area contributed by atoms with E-state index < -0.39 is 34.9 Å². The van der Waals surface area contributed by atoms with Crippen molar-refractivity contribution in [1.82, 2.24) is 10.2 Å². The van der Waals surface area contributed by atoms with Gasteiger partial charge in [-0.15, -0.1) is 0 Å². The largest absolute Gasteiger partial charge is 0.504 e. The molecule has 2 aromatic carbocycles. The third-order valence-corrected chi connectivity index (χ3v) is 4.55. The number of aromatic hydroxyl groups is 3. The molecule has 0 spiro atoms. The van der Waals surface area contributed by atoms with Crippen molar-refractivity contribution < 1.29 is 29.3 Å². The topological polar surface area (TPSA) is 110 Å². The molecule has 4 N–H and O–H groups in total. The molecule has 2 amide bonds. The quantitative estimate of drug-likeness (QED) is 0.614. The minimum atomic E-state index is -0.680. The molecule has 1 saturated heterocycles. The molecule has 0 unspecified atom stereocenters. The molecule has 0 aliphatic carbocycles. The molecule has 1 heterocycles. The van der Waals surface area contributed by atoms with Gasteiger partial charge in [-0.1, -0.05) is 12.1 Å². The number of nitrogens with one attached hydrogen (secondary N) is 1. The molecule has 1 aliphatic rings. The number of phenolic OH excluding ortho intramolecular Hbond substituents is 3. The molecule has 2 aromatic rings. The summed E-state index contributed by atoms with van der Waals surface area (Å²) >= 11 is 0. The van der Waals surface area contributed by atoms with E-state index in [9.17, 15) is 29.3 Å². The Morgan fingerprint density at radius 2 is 1.63 bits per heavy atom. The third-order valence-electron chi connectivity index (χ3n) is 4.55. The zero-order valence-corrected chi connectivity index (χ0v) is 14.4. The van der Waals surface area contributed by atoms with E-state index in [2.05, 4.69) is 5.32 Å². The minimum absolute atomic E-state index is 0.0222. The first-order chi connectivity index (χ1) is 12.9. The maximum absolute atomic E-state index is 13.7. The fourth-order valence-electron chi connectivity index (χ4n) is 3.05. The molecule has 0 bridgehead atoms. The second kappa shape index (κ2) is 7.53. The molecule has 7 nitrogen and oxygen atoms in total. The number of carbonyl (C=O) groups is 2. The molecule has 8 heteroatoms. The second-order valence-electron chi connectivity index (χ2n) is 6.38. The van der Waals surface area contributed by atoms with E-state index in [0.717, 1.165) is 12.1 Å². The lowest BCUT2D eigenvalue weighted by Crippen LogP contribution is -2.46. The number of benzene rings is 2. The van der Waals surface area contributed by atoms with E-state index in [1.54, 1.807) is 6.07 Å². The SMILES string of the molecule is O=C(NC1CCN(C(=O)c2cc(O)c(O)c(O)c2)CC1)c1ccccc1F. The van der Waals surface area contributed by atoms with Crippen LogP contribution in [0.25, 0.3) is 0 Å². The molecular weight excluding hydrogens is 355 g/mol. The van der Waals surface area contributed by atoms with Crippen LogP contribution in [-0.4, -0.2) is 51.2 Å². The van der Waals surface area contributed by atoms with Crippen LogP contribution in [0, 0.1) is 5.82 Å². The number of hydrogen-bond donors (Lipinski definition) is 4. The van der Waals surface area contributed by atoms with Gasteiger partial charge in [0.15, 0.2) is 17.2 Å². The molecule has 1 aliphatic heterocycles. The lowest BCUT2D eigenvalue weighted by atomic mass is 10.0. The molecule has 3 rings (SSSR count). The normalized spacial score (nSPS) is 14.8. The van der Waals surface area contributed by atoms with Crippen LogP contribution < -0.4 is 5.32 Å². The highest BCUT2D eigenvalue weighted by atomic mass is 19.1. The number of halogens is 1. The summed E-state index contributed by atoms with van der Waals surface area (Å²) in [6.07, 6.45) is 0.976. The Bertz CT molecular complexity index is 855. The summed E-state index contributed by atoms with van der Waals surface area (Å²) in [5, 5.41) is 31.2. The van der Waals surface area contributed by atoms with E-state index in [-0.39, 0.29) is 17.2 Å². The number of rotatable bonds is 3. The summed E-state index contributed by atoms with van der Waals surface area (Å²) in [4.78, 5) is 26.2. The van der Waals surface area contributed by atoms with E-state index in [0.29, 0.717) is 25.9 Å². The van der Waals surface area contributed by atoms with Crippen LogP contribution in [0.3, 0.4) is 0 Å². The predicted molar refractivity (Wildman–Crippen MR) is 94.2 cm³/mol. The summed E-state index contributed by atoms with van der Waals surface area (Å²) < 4.78 is 13.7. The molecule has 0 aromatic heterocycles. The Balaban J connectivity index is 1.59. The molecule has 27 heavy (non-hydrogen) atoms. The Labute approximate surface area is 154 Å². The van der Waals surface area contributed by atoms with E-state index in [4.69, 9.17) is 0 Å². The van der Waals surface area contributed by atoms with Gasteiger partial charge in [-0.3, -0.25) is 9.59 Å². The van der Waals surface area contributed by atoms with Crippen molar-refractivity contribution in [2.75, 3.05) is 13.1 Å². The second-order valence-corrected chi connectivity index (χ2v) is 6.38. The summed E-state index contributed by atoms with van der Waals surface area (Å²) in [7, 11) is 0. The van der Waals surface area contributed by atoms with Crippen LogP contribution >= 0.6 is 0 Å². The Morgan fingerprint density at radius 3 is 2.22 bits per heavy atom. The monoisotopic (exact) mass is 374 g/mol. The van der Waals surface area contributed by atoms with Crippen molar-refractivity contribution in [2.24, 2.45) is 0 Å². The maximum atomic E-state index is 13.7. The fourth-order valence-corrected chi connectivity index (χ4v) is 3.05. The van der Waals surface area contributed by atoms with Crippen molar-refractivity contribution in [3.05, 3.63) is 53.3 Å². The van der Waals surface area contributed by atoms with Gasteiger partial charge in [0.1, 0.15) is 5.82 Å². The van der Waals surface area contributed by atoms with Gasteiger partial charge in [0.25, 0.3) is 11.8 Å². The highest BCUT2D eigenvalue weighted by Crippen LogP contribution is 2.35. The molecule has 0 atom stereocenters. The van der Waals surface area contributed by atoms with E-state index in [1.165, 1.54) is 23.1 Å². The number of phenols is 3. The van der Waals surface area contributed by atoms with Gasteiger partial charge in [-0.2, -0.15) is 0 Å². The lowest BCUT2D eigenvalue weighted by Gasteiger charge is -2.32. The third kappa shape index (κ3) is 3.94. The minimum Gasteiger partial charge on any atom is -0.504 e. The highest BCUT2D eigenvalue weighted by Gasteiger charge is 2.26. The van der Waals surface area contributed by atoms with Crippen LogP contribution in [0.5, 0.6) is 17.2 Å². The van der Waals surface area contributed by atoms with Gasteiger partial charge in [-0.05, 0) is 37.1 Å². The first kappa shape index (κ1) is 18.5. The van der Waals surface area contributed by atoms with Gasteiger partial charge in [0.2, 0.25) is 0 Å². The summed E-state index contributed by atoms with van der Waals surface area (Å²) in [6, 6.07) is 7.71. The molecule has 142 valence electrons. The number of likely N-dealkylation sites (tertiary alicyclic amines) is 1. The van der Waals surface area contributed by atoms with Crippen LogP contribution in [0.15, 0.2) is 36.4 Å². The van der Waals surface area contributed by atoms with Gasteiger partial charge in [0.05, 0.1) is 5.56 Å². The smallest absolute Gasteiger partial charge is 0.254 e. The average molecular weight is 374 g/mol. The van der Waals surface area contributed by atoms with Crippen molar-refractivity contribution in [1.29, 1.82) is 0 Å². The van der Waals surface area contributed by atoms with Gasteiger partial charge in [-0.25, -0.2) is 4.39 Å². The Hall–Kier alpha value is -3.29.